The summed E-state index contributed by atoms with van der Waals surface area (Å²) in [6, 6.07) is 8.55. The number of nitrogens with one attached hydrogen (secondary N) is 1. The summed E-state index contributed by atoms with van der Waals surface area (Å²) in [6.07, 6.45) is 1.15. The molecule has 4 heteroatoms. The normalized spacial score (nSPS) is 20.9. The van der Waals surface area contributed by atoms with Gasteiger partial charge in [0.15, 0.2) is 0 Å². The fraction of sp³-hybridized carbons (Fsp3) is 0.538. The van der Waals surface area contributed by atoms with Crippen LogP contribution in [-0.4, -0.2) is 42.3 Å². The summed E-state index contributed by atoms with van der Waals surface area (Å²) in [5, 5.41) is 12.9. The van der Waals surface area contributed by atoms with Crippen molar-refractivity contribution >= 4 is 11.6 Å². The first-order valence-corrected chi connectivity index (χ1v) is 6.47. The Labute approximate surface area is 107 Å². The summed E-state index contributed by atoms with van der Waals surface area (Å²) in [6.45, 7) is 4.01. The predicted octanol–water partition coefficient (Wildman–Crippen LogP) is 1.50. The van der Waals surface area contributed by atoms with E-state index in [0.29, 0.717) is 12.6 Å². The van der Waals surface area contributed by atoms with Crippen LogP contribution in [0.1, 0.15) is 12.0 Å². The van der Waals surface area contributed by atoms with Crippen LogP contribution in [0, 0.1) is 0 Å². The molecule has 17 heavy (non-hydrogen) atoms. The third-order valence-electron chi connectivity index (χ3n) is 3.11. The molecule has 0 aliphatic carbocycles. The molecule has 0 saturated carbocycles. The van der Waals surface area contributed by atoms with Gasteiger partial charge in [-0.15, -0.1) is 0 Å². The van der Waals surface area contributed by atoms with Crippen molar-refractivity contribution in [3.63, 3.8) is 0 Å². The lowest BCUT2D eigenvalue weighted by molar-refractivity contribution is 0.278. The van der Waals surface area contributed by atoms with E-state index >= 15 is 0 Å². The van der Waals surface area contributed by atoms with Crippen molar-refractivity contribution < 1.29 is 5.11 Å². The highest BCUT2D eigenvalue weighted by molar-refractivity contribution is 6.30. The van der Waals surface area contributed by atoms with Crippen molar-refractivity contribution in [2.75, 3.05) is 26.2 Å². The number of likely N-dealkylation sites (tertiary alicyclic amines) is 1. The van der Waals surface area contributed by atoms with E-state index in [1.807, 2.05) is 18.2 Å². The van der Waals surface area contributed by atoms with Crippen molar-refractivity contribution in [1.82, 2.24) is 10.2 Å². The van der Waals surface area contributed by atoms with E-state index in [4.69, 9.17) is 16.7 Å². The zero-order valence-corrected chi connectivity index (χ0v) is 10.7. The Balaban J connectivity index is 1.81. The van der Waals surface area contributed by atoms with Crippen LogP contribution in [0.2, 0.25) is 5.02 Å². The first-order chi connectivity index (χ1) is 8.28. The fourth-order valence-corrected chi connectivity index (χ4v) is 2.52. The Morgan fingerprint density at radius 3 is 3.12 bits per heavy atom. The van der Waals surface area contributed by atoms with E-state index in [-0.39, 0.29) is 6.61 Å². The number of rotatable bonds is 5. The smallest absolute Gasteiger partial charge is 0.0556 e. The molecule has 1 aromatic carbocycles. The van der Waals surface area contributed by atoms with Crippen LogP contribution in [0.15, 0.2) is 24.3 Å². The van der Waals surface area contributed by atoms with Crippen LogP contribution >= 0.6 is 11.6 Å². The summed E-state index contributed by atoms with van der Waals surface area (Å²) in [5.41, 5.74) is 1.26. The second kappa shape index (κ2) is 6.36. The lowest BCUT2D eigenvalue weighted by Crippen LogP contribution is -2.34. The first kappa shape index (κ1) is 12.8. The molecule has 1 atom stereocenters. The molecular weight excluding hydrogens is 236 g/mol. The van der Waals surface area contributed by atoms with Gasteiger partial charge in [0, 0.05) is 37.2 Å². The third-order valence-corrected chi connectivity index (χ3v) is 3.35. The van der Waals surface area contributed by atoms with Gasteiger partial charge in [-0.3, -0.25) is 4.90 Å². The first-order valence-electron chi connectivity index (χ1n) is 6.09. The molecule has 0 amide bonds. The number of benzene rings is 1. The van der Waals surface area contributed by atoms with E-state index in [1.165, 1.54) is 5.56 Å². The van der Waals surface area contributed by atoms with Gasteiger partial charge in [-0.05, 0) is 24.1 Å². The minimum absolute atomic E-state index is 0.213. The summed E-state index contributed by atoms with van der Waals surface area (Å²) >= 11 is 5.97. The zero-order valence-electron chi connectivity index (χ0n) is 9.90. The van der Waals surface area contributed by atoms with Gasteiger partial charge in [0.05, 0.1) is 6.61 Å². The molecule has 3 nitrogen and oxygen atoms in total. The molecule has 2 rings (SSSR count). The molecule has 94 valence electrons. The maximum atomic E-state index is 8.77. The van der Waals surface area contributed by atoms with Crippen LogP contribution < -0.4 is 5.32 Å². The Hall–Kier alpha value is -0.610. The monoisotopic (exact) mass is 254 g/mol. The molecule has 0 radical (unpaired) electrons. The molecular formula is C13H19ClN2O. The lowest BCUT2D eigenvalue weighted by Gasteiger charge is -2.16. The van der Waals surface area contributed by atoms with Crippen LogP contribution in [0.4, 0.5) is 0 Å². The zero-order chi connectivity index (χ0) is 12.1. The summed E-state index contributed by atoms with van der Waals surface area (Å²) in [4.78, 5) is 2.42. The number of nitrogens with zero attached hydrogens (tertiary/aromatic N) is 1. The second-order valence-electron chi connectivity index (χ2n) is 4.53. The molecule has 1 aromatic rings. The highest BCUT2D eigenvalue weighted by Crippen LogP contribution is 2.16. The van der Waals surface area contributed by atoms with E-state index in [9.17, 15) is 0 Å². The molecule has 0 aromatic heterocycles. The number of aliphatic hydroxyl groups is 1. The van der Waals surface area contributed by atoms with Crippen molar-refractivity contribution in [3.05, 3.63) is 34.9 Å². The highest BCUT2D eigenvalue weighted by atomic mass is 35.5. The van der Waals surface area contributed by atoms with Crippen LogP contribution in [0.25, 0.3) is 0 Å². The van der Waals surface area contributed by atoms with E-state index in [0.717, 1.165) is 31.1 Å². The van der Waals surface area contributed by atoms with Crippen molar-refractivity contribution in [2.24, 2.45) is 0 Å². The number of aliphatic hydroxyl groups excluding tert-OH is 1. The van der Waals surface area contributed by atoms with Gasteiger partial charge >= 0.3 is 0 Å². The molecule has 1 saturated heterocycles. The Morgan fingerprint density at radius 2 is 2.35 bits per heavy atom. The SMILES string of the molecule is OCCNC1CCN(Cc2cccc(Cl)c2)C1. The quantitative estimate of drug-likeness (QED) is 0.836. The summed E-state index contributed by atoms with van der Waals surface area (Å²) < 4.78 is 0. The highest BCUT2D eigenvalue weighted by Gasteiger charge is 2.21. The molecule has 0 spiro atoms. The van der Waals surface area contributed by atoms with Gasteiger partial charge in [-0.25, -0.2) is 0 Å². The second-order valence-corrected chi connectivity index (χ2v) is 4.96. The van der Waals surface area contributed by atoms with Crippen molar-refractivity contribution in [2.45, 2.75) is 19.0 Å². The molecule has 0 bridgehead atoms. The Morgan fingerprint density at radius 1 is 1.47 bits per heavy atom. The van der Waals surface area contributed by atoms with Gasteiger partial charge in [0.1, 0.15) is 0 Å². The molecule has 1 heterocycles. The Kier molecular flexibility index (Phi) is 4.80. The maximum absolute atomic E-state index is 8.77. The summed E-state index contributed by atoms with van der Waals surface area (Å²) in [7, 11) is 0. The fourth-order valence-electron chi connectivity index (χ4n) is 2.31. The number of halogens is 1. The van der Waals surface area contributed by atoms with Crippen molar-refractivity contribution in [3.8, 4) is 0 Å². The van der Waals surface area contributed by atoms with E-state index in [1.54, 1.807) is 0 Å². The van der Waals surface area contributed by atoms with Gasteiger partial charge < -0.3 is 10.4 Å². The third kappa shape index (κ3) is 3.96. The topological polar surface area (TPSA) is 35.5 Å². The molecule has 2 N–H and O–H groups in total. The van der Waals surface area contributed by atoms with Crippen LogP contribution in [0.3, 0.4) is 0 Å². The average molecular weight is 255 g/mol. The lowest BCUT2D eigenvalue weighted by atomic mass is 10.2. The molecule has 1 unspecified atom stereocenters. The van der Waals surface area contributed by atoms with Gasteiger partial charge in [0.25, 0.3) is 0 Å². The number of hydrogen-bond donors (Lipinski definition) is 2. The molecule has 1 aliphatic heterocycles. The Bertz CT molecular complexity index is 359. The van der Waals surface area contributed by atoms with Crippen LogP contribution in [-0.2, 0) is 6.54 Å². The maximum Gasteiger partial charge on any atom is 0.0556 e. The standard InChI is InChI=1S/C13H19ClN2O/c14-12-3-1-2-11(8-12)9-16-6-4-13(10-16)15-5-7-17/h1-3,8,13,15,17H,4-7,9-10H2. The minimum atomic E-state index is 0.213. The van der Waals surface area contributed by atoms with Gasteiger partial charge in [-0.1, -0.05) is 23.7 Å². The number of hydrogen-bond acceptors (Lipinski definition) is 3. The van der Waals surface area contributed by atoms with E-state index < -0.39 is 0 Å². The van der Waals surface area contributed by atoms with E-state index in [2.05, 4.69) is 16.3 Å². The average Bonchev–Trinajstić information content (AvgIpc) is 2.74. The van der Waals surface area contributed by atoms with Crippen molar-refractivity contribution in [1.29, 1.82) is 0 Å². The predicted molar refractivity (Wildman–Crippen MR) is 70.2 cm³/mol. The largest absolute Gasteiger partial charge is 0.395 e. The van der Waals surface area contributed by atoms with Crippen LogP contribution in [0.5, 0.6) is 0 Å². The molecule has 1 fully saturated rings. The van der Waals surface area contributed by atoms with Gasteiger partial charge in [0.2, 0.25) is 0 Å². The van der Waals surface area contributed by atoms with Gasteiger partial charge in [-0.2, -0.15) is 0 Å². The summed E-state index contributed by atoms with van der Waals surface area (Å²) in [5.74, 6) is 0. The molecule has 1 aliphatic rings. The minimum Gasteiger partial charge on any atom is -0.395 e.